The molecule has 0 radical (unpaired) electrons. The van der Waals surface area contributed by atoms with E-state index in [0.717, 1.165) is 5.56 Å². The normalized spacial score (nSPS) is 30.5. The molecular formula is C17H23NO4. The van der Waals surface area contributed by atoms with E-state index in [1.54, 1.807) is 20.8 Å². The Morgan fingerprint density at radius 2 is 1.77 bits per heavy atom. The molecule has 2 rings (SSSR count). The molecule has 1 aromatic rings. The SMILES string of the molecule is C[C@@H]1[C@](C)(c2ccccc2)[C@]1(NC(=O)OC(C)(C)C)C(=O)O. The second kappa shape index (κ2) is 5.00. The maximum absolute atomic E-state index is 12.1. The number of amides is 1. The molecule has 5 heteroatoms. The lowest BCUT2D eigenvalue weighted by Crippen LogP contribution is -2.50. The Kier molecular flexibility index (Phi) is 3.71. The van der Waals surface area contributed by atoms with Crippen LogP contribution < -0.4 is 5.32 Å². The van der Waals surface area contributed by atoms with Gasteiger partial charge in [-0.05, 0) is 26.3 Å². The van der Waals surface area contributed by atoms with Crippen molar-refractivity contribution < 1.29 is 19.4 Å². The van der Waals surface area contributed by atoms with Gasteiger partial charge in [0.05, 0.1) is 0 Å². The van der Waals surface area contributed by atoms with E-state index in [4.69, 9.17) is 4.74 Å². The van der Waals surface area contributed by atoms with E-state index < -0.39 is 28.6 Å². The van der Waals surface area contributed by atoms with Crippen LogP contribution in [0.4, 0.5) is 4.79 Å². The van der Waals surface area contributed by atoms with Gasteiger partial charge < -0.3 is 15.2 Å². The van der Waals surface area contributed by atoms with Gasteiger partial charge in [0.25, 0.3) is 0 Å². The number of benzene rings is 1. The van der Waals surface area contributed by atoms with Crippen LogP contribution in [0.2, 0.25) is 0 Å². The second-order valence-corrected chi connectivity index (χ2v) is 7.03. The van der Waals surface area contributed by atoms with Crippen LogP contribution in [0.5, 0.6) is 0 Å². The molecule has 2 N–H and O–H groups in total. The summed E-state index contributed by atoms with van der Waals surface area (Å²) in [5.41, 5.74) is -1.81. The zero-order valence-corrected chi connectivity index (χ0v) is 13.6. The quantitative estimate of drug-likeness (QED) is 0.900. The van der Waals surface area contributed by atoms with Gasteiger partial charge in [0.2, 0.25) is 0 Å². The molecule has 1 aliphatic carbocycles. The lowest BCUT2D eigenvalue weighted by atomic mass is 9.92. The average Bonchev–Trinajstić information content (AvgIpc) is 2.88. The molecular weight excluding hydrogens is 282 g/mol. The van der Waals surface area contributed by atoms with Gasteiger partial charge in [0.1, 0.15) is 5.60 Å². The predicted octanol–water partition coefficient (Wildman–Crippen LogP) is 2.94. The van der Waals surface area contributed by atoms with Gasteiger partial charge in [-0.25, -0.2) is 9.59 Å². The molecule has 0 bridgehead atoms. The third kappa shape index (κ3) is 2.34. The summed E-state index contributed by atoms with van der Waals surface area (Å²) in [5.74, 6) is -1.29. The van der Waals surface area contributed by atoms with Crippen molar-refractivity contribution in [2.45, 2.75) is 51.2 Å². The van der Waals surface area contributed by atoms with Gasteiger partial charge in [0, 0.05) is 11.3 Å². The van der Waals surface area contributed by atoms with Crippen LogP contribution in [0.15, 0.2) is 30.3 Å². The minimum Gasteiger partial charge on any atom is -0.479 e. The fourth-order valence-corrected chi connectivity index (χ4v) is 3.27. The Morgan fingerprint density at radius 3 is 2.23 bits per heavy atom. The van der Waals surface area contributed by atoms with E-state index in [2.05, 4.69) is 5.32 Å². The van der Waals surface area contributed by atoms with Crippen molar-refractivity contribution in [3.05, 3.63) is 35.9 Å². The van der Waals surface area contributed by atoms with Crippen molar-refractivity contribution in [2.24, 2.45) is 5.92 Å². The zero-order valence-electron chi connectivity index (χ0n) is 13.6. The lowest BCUT2D eigenvalue weighted by Gasteiger charge is -2.24. The molecule has 0 saturated heterocycles. The third-order valence-electron chi connectivity index (χ3n) is 4.66. The van der Waals surface area contributed by atoms with Crippen LogP contribution in [-0.4, -0.2) is 28.3 Å². The maximum atomic E-state index is 12.1. The van der Waals surface area contributed by atoms with Crippen LogP contribution in [0.25, 0.3) is 0 Å². The number of carboxylic acids is 1. The first-order chi connectivity index (χ1) is 10.1. The summed E-state index contributed by atoms with van der Waals surface area (Å²) in [6, 6.07) is 9.39. The smallest absolute Gasteiger partial charge is 0.408 e. The molecule has 0 aliphatic heterocycles. The first kappa shape index (κ1) is 16.3. The molecule has 1 saturated carbocycles. The molecule has 22 heavy (non-hydrogen) atoms. The molecule has 1 aromatic carbocycles. The van der Waals surface area contributed by atoms with Crippen LogP contribution >= 0.6 is 0 Å². The van der Waals surface area contributed by atoms with Gasteiger partial charge in [-0.2, -0.15) is 0 Å². The molecule has 0 spiro atoms. The van der Waals surface area contributed by atoms with Gasteiger partial charge in [-0.15, -0.1) is 0 Å². The number of rotatable bonds is 3. The first-order valence-corrected chi connectivity index (χ1v) is 7.36. The van der Waals surface area contributed by atoms with Crippen LogP contribution in [-0.2, 0) is 14.9 Å². The Morgan fingerprint density at radius 1 is 1.23 bits per heavy atom. The average molecular weight is 305 g/mol. The summed E-state index contributed by atoms with van der Waals surface area (Å²) in [4.78, 5) is 24.0. The number of carboxylic acid groups (broad SMARTS) is 1. The molecule has 1 amide bonds. The van der Waals surface area contributed by atoms with E-state index in [-0.39, 0.29) is 5.92 Å². The molecule has 5 nitrogen and oxygen atoms in total. The molecule has 3 atom stereocenters. The fraction of sp³-hybridized carbons (Fsp3) is 0.529. The number of aliphatic carboxylic acids is 1. The Hall–Kier alpha value is -2.04. The van der Waals surface area contributed by atoms with Crippen LogP contribution in [0, 0.1) is 5.92 Å². The van der Waals surface area contributed by atoms with Crippen molar-refractivity contribution >= 4 is 12.1 Å². The summed E-state index contributed by atoms with van der Waals surface area (Å²) < 4.78 is 5.23. The van der Waals surface area contributed by atoms with Gasteiger partial charge in [-0.3, -0.25) is 0 Å². The highest BCUT2D eigenvalue weighted by Gasteiger charge is 2.78. The van der Waals surface area contributed by atoms with E-state index in [0.29, 0.717) is 0 Å². The number of hydrogen-bond acceptors (Lipinski definition) is 3. The summed E-state index contributed by atoms with van der Waals surface area (Å²) in [6.07, 6.45) is -0.707. The summed E-state index contributed by atoms with van der Waals surface area (Å²) in [5, 5.41) is 12.3. The maximum Gasteiger partial charge on any atom is 0.408 e. The van der Waals surface area contributed by atoms with Crippen LogP contribution in [0.3, 0.4) is 0 Å². The second-order valence-electron chi connectivity index (χ2n) is 7.03. The van der Waals surface area contributed by atoms with Crippen molar-refractivity contribution in [3.63, 3.8) is 0 Å². The number of hydrogen-bond donors (Lipinski definition) is 2. The van der Waals surface area contributed by atoms with E-state index in [1.807, 2.05) is 44.2 Å². The Bertz CT molecular complexity index is 592. The van der Waals surface area contributed by atoms with E-state index >= 15 is 0 Å². The Labute approximate surface area is 130 Å². The summed E-state index contributed by atoms with van der Waals surface area (Å²) in [7, 11) is 0. The number of nitrogens with one attached hydrogen (secondary N) is 1. The van der Waals surface area contributed by atoms with E-state index in [9.17, 15) is 14.7 Å². The largest absolute Gasteiger partial charge is 0.479 e. The van der Waals surface area contributed by atoms with E-state index in [1.165, 1.54) is 0 Å². The minimum absolute atomic E-state index is 0.243. The standard InChI is InChI=1S/C17H23NO4/c1-11-16(5,12-9-7-6-8-10-12)17(11,13(19)20)18-14(21)22-15(2,3)4/h6-11H,1-5H3,(H,18,21)(H,19,20)/t11-,16-,17-/m1/s1. The number of carbonyl (C=O) groups excluding carboxylic acids is 1. The van der Waals surface area contributed by atoms with Crippen molar-refractivity contribution in [3.8, 4) is 0 Å². The van der Waals surface area contributed by atoms with Gasteiger partial charge >= 0.3 is 12.1 Å². The molecule has 1 fully saturated rings. The zero-order chi connectivity index (χ0) is 16.8. The highest BCUT2D eigenvalue weighted by molar-refractivity contribution is 5.92. The molecule has 0 unspecified atom stereocenters. The number of alkyl carbamates (subject to hydrolysis) is 1. The highest BCUT2D eigenvalue weighted by Crippen LogP contribution is 2.62. The molecule has 0 aromatic heterocycles. The topological polar surface area (TPSA) is 75.6 Å². The third-order valence-corrected chi connectivity index (χ3v) is 4.66. The predicted molar refractivity (Wildman–Crippen MR) is 82.7 cm³/mol. The monoisotopic (exact) mass is 305 g/mol. The fourth-order valence-electron chi connectivity index (χ4n) is 3.27. The molecule has 0 heterocycles. The molecule has 120 valence electrons. The lowest BCUT2D eigenvalue weighted by molar-refractivity contribution is -0.141. The van der Waals surface area contributed by atoms with Gasteiger partial charge in [-0.1, -0.05) is 44.2 Å². The van der Waals surface area contributed by atoms with Crippen molar-refractivity contribution in [2.75, 3.05) is 0 Å². The summed E-state index contributed by atoms with van der Waals surface area (Å²) >= 11 is 0. The number of carbonyl (C=O) groups is 2. The highest BCUT2D eigenvalue weighted by atomic mass is 16.6. The van der Waals surface area contributed by atoms with Crippen molar-refractivity contribution in [1.82, 2.24) is 5.32 Å². The first-order valence-electron chi connectivity index (χ1n) is 7.36. The van der Waals surface area contributed by atoms with Crippen LogP contribution in [0.1, 0.15) is 40.2 Å². The minimum atomic E-state index is -1.35. The number of ether oxygens (including phenoxy) is 1. The molecule has 1 aliphatic rings. The van der Waals surface area contributed by atoms with Crippen molar-refractivity contribution in [1.29, 1.82) is 0 Å². The summed E-state index contributed by atoms with van der Waals surface area (Å²) in [6.45, 7) is 8.92. The Balaban J connectivity index is 2.32. The van der Waals surface area contributed by atoms with Gasteiger partial charge in [0.15, 0.2) is 5.54 Å².